The van der Waals surface area contributed by atoms with Gasteiger partial charge >= 0.3 is 7.12 Å². The van der Waals surface area contributed by atoms with Crippen LogP contribution in [0.25, 0.3) is 22.3 Å². The number of rotatable bonds is 5. The third kappa shape index (κ3) is 4.67. The Morgan fingerprint density at radius 2 is 1.71 bits per heavy atom. The Kier molecular flexibility index (Phi) is 6.68. The van der Waals surface area contributed by atoms with Crippen molar-refractivity contribution >= 4 is 23.6 Å². The molecule has 4 aliphatic heterocycles. The van der Waals surface area contributed by atoms with Crippen LogP contribution in [0.5, 0.6) is 5.88 Å². The summed E-state index contributed by atoms with van der Waals surface area (Å²) in [5, 5.41) is 10.2. The molecule has 0 radical (unpaired) electrons. The van der Waals surface area contributed by atoms with Crippen LogP contribution in [0.4, 0.5) is 4.39 Å². The van der Waals surface area contributed by atoms with E-state index < -0.39 is 42.4 Å². The number of aliphatic hydroxyl groups is 1. The number of aliphatic hydroxyl groups excluding tert-OH is 1. The van der Waals surface area contributed by atoms with Crippen LogP contribution in [0.1, 0.15) is 53.2 Å². The first kappa shape index (κ1) is 27.3. The quantitative estimate of drug-likeness (QED) is 0.467. The molecule has 218 valence electrons. The highest BCUT2D eigenvalue weighted by Crippen LogP contribution is 2.39. The van der Waals surface area contributed by atoms with E-state index in [0.717, 1.165) is 24.7 Å². The Morgan fingerprint density at radius 3 is 2.41 bits per heavy atom. The molecule has 0 amide bonds. The maximum Gasteiger partial charge on any atom is 0.494 e. The van der Waals surface area contributed by atoms with Gasteiger partial charge in [-0.15, -0.1) is 0 Å². The number of pyridine rings is 1. The Morgan fingerprint density at radius 1 is 0.976 bits per heavy atom. The first-order valence-electron chi connectivity index (χ1n) is 14.5. The lowest BCUT2D eigenvalue weighted by Crippen LogP contribution is -2.41. The van der Waals surface area contributed by atoms with Crippen molar-refractivity contribution in [3.05, 3.63) is 42.2 Å². The average molecular weight is 566 g/mol. The second-order valence-electron chi connectivity index (χ2n) is 12.4. The van der Waals surface area contributed by atoms with E-state index in [2.05, 4.69) is 0 Å². The minimum atomic E-state index is -0.671. The normalized spacial score (nSPS) is 30.7. The van der Waals surface area contributed by atoms with Crippen molar-refractivity contribution < 1.29 is 37.8 Å². The molecule has 4 saturated heterocycles. The SMILES string of the molecule is CC1(C)OB(c2ccc(-c3nc4cc(O[C@@H]5CO[C@H]6[C@@H]5OC[C@H]6O)n(C5CCCCO5)c4cc3F)cc2)OC1(C)C. The fourth-order valence-electron chi connectivity index (χ4n) is 6.09. The molecule has 1 N–H and O–H groups in total. The number of ether oxygens (including phenoxy) is 4. The van der Waals surface area contributed by atoms with Crippen molar-refractivity contribution in [2.45, 2.75) is 88.8 Å². The Balaban J connectivity index is 1.21. The Labute approximate surface area is 239 Å². The molecular weight excluding hydrogens is 530 g/mol. The summed E-state index contributed by atoms with van der Waals surface area (Å²) in [7, 11) is -0.498. The molecule has 6 heterocycles. The van der Waals surface area contributed by atoms with Crippen LogP contribution in [-0.4, -0.2) is 77.2 Å². The van der Waals surface area contributed by atoms with E-state index in [9.17, 15) is 5.11 Å². The first-order chi connectivity index (χ1) is 19.6. The summed E-state index contributed by atoms with van der Waals surface area (Å²) in [4.78, 5) is 4.75. The number of hydrogen-bond donors (Lipinski definition) is 1. The van der Waals surface area contributed by atoms with Crippen LogP contribution in [0.15, 0.2) is 36.4 Å². The van der Waals surface area contributed by atoms with Crippen molar-refractivity contribution in [3.63, 3.8) is 0 Å². The average Bonchev–Trinajstić information content (AvgIpc) is 3.67. The second-order valence-corrected chi connectivity index (χ2v) is 12.4. The Hall–Kier alpha value is -2.54. The molecule has 41 heavy (non-hydrogen) atoms. The lowest BCUT2D eigenvalue weighted by atomic mass is 9.79. The largest absolute Gasteiger partial charge is 0.494 e. The molecule has 9 nitrogen and oxygen atoms in total. The molecule has 4 aliphatic rings. The predicted octanol–water partition coefficient (Wildman–Crippen LogP) is 3.75. The van der Waals surface area contributed by atoms with Gasteiger partial charge in [-0.2, -0.15) is 0 Å². The van der Waals surface area contributed by atoms with Gasteiger partial charge in [0.25, 0.3) is 0 Å². The summed E-state index contributed by atoms with van der Waals surface area (Å²) in [5.41, 5.74) is 2.07. The number of halogens is 1. The van der Waals surface area contributed by atoms with Gasteiger partial charge in [0.05, 0.1) is 35.4 Å². The van der Waals surface area contributed by atoms with Crippen molar-refractivity contribution in [2.24, 2.45) is 0 Å². The van der Waals surface area contributed by atoms with E-state index in [4.69, 9.17) is 33.2 Å². The van der Waals surface area contributed by atoms with Gasteiger partial charge < -0.3 is 33.4 Å². The van der Waals surface area contributed by atoms with Gasteiger partial charge in [0.15, 0.2) is 17.8 Å². The molecular formula is C30H36BFN2O7. The van der Waals surface area contributed by atoms with E-state index in [1.54, 1.807) is 0 Å². The lowest BCUT2D eigenvalue weighted by Gasteiger charge is -2.32. The number of aromatic nitrogens is 2. The van der Waals surface area contributed by atoms with Crippen LogP contribution >= 0.6 is 0 Å². The summed E-state index contributed by atoms with van der Waals surface area (Å²) in [6, 6.07) is 10.8. The fourth-order valence-corrected chi connectivity index (χ4v) is 6.09. The van der Waals surface area contributed by atoms with Gasteiger partial charge in [0, 0.05) is 24.3 Å². The molecule has 0 aliphatic carbocycles. The first-order valence-corrected chi connectivity index (χ1v) is 14.5. The zero-order valence-electron chi connectivity index (χ0n) is 23.8. The van der Waals surface area contributed by atoms with Crippen LogP contribution in [-0.2, 0) is 23.5 Å². The maximum atomic E-state index is 15.7. The third-order valence-corrected chi connectivity index (χ3v) is 9.15. The number of benzene rings is 1. The summed E-state index contributed by atoms with van der Waals surface area (Å²) in [6.07, 6.45) is 0.613. The van der Waals surface area contributed by atoms with E-state index in [0.29, 0.717) is 35.7 Å². The summed E-state index contributed by atoms with van der Waals surface area (Å²) >= 11 is 0. The molecule has 0 bridgehead atoms. The molecule has 4 fully saturated rings. The van der Waals surface area contributed by atoms with Crippen LogP contribution in [0, 0.1) is 5.82 Å². The molecule has 2 aromatic heterocycles. The summed E-state index contributed by atoms with van der Waals surface area (Å²) < 4.78 is 54.0. The molecule has 1 aromatic carbocycles. The smallest absolute Gasteiger partial charge is 0.470 e. The highest BCUT2D eigenvalue weighted by molar-refractivity contribution is 6.62. The monoisotopic (exact) mass is 566 g/mol. The highest BCUT2D eigenvalue weighted by Gasteiger charge is 2.52. The molecule has 5 atom stereocenters. The minimum absolute atomic E-state index is 0.216. The topological polar surface area (TPSA) is 93.4 Å². The molecule has 7 rings (SSSR count). The van der Waals surface area contributed by atoms with E-state index in [1.165, 1.54) is 6.07 Å². The van der Waals surface area contributed by atoms with Gasteiger partial charge in [-0.05, 0) is 52.4 Å². The van der Waals surface area contributed by atoms with Crippen molar-refractivity contribution in [2.75, 3.05) is 19.8 Å². The third-order valence-electron chi connectivity index (χ3n) is 9.15. The van der Waals surface area contributed by atoms with Crippen LogP contribution in [0.3, 0.4) is 0 Å². The Bertz CT molecular complexity index is 1420. The summed E-state index contributed by atoms with van der Waals surface area (Å²) in [6.45, 7) is 9.19. The summed E-state index contributed by atoms with van der Waals surface area (Å²) in [5.74, 6) is 0.0837. The van der Waals surface area contributed by atoms with Crippen LogP contribution < -0.4 is 10.2 Å². The van der Waals surface area contributed by atoms with Crippen LogP contribution in [0.2, 0.25) is 0 Å². The molecule has 3 aromatic rings. The predicted molar refractivity (Wildman–Crippen MR) is 150 cm³/mol. The minimum Gasteiger partial charge on any atom is -0.470 e. The van der Waals surface area contributed by atoms with Crippen molar-refractivity contribution in [1.29, 1.82) is 0 Å². The van der Waals surface area contributed by atoms with Gasteiger partial charge in [-0.3, -0.25) is 4.57 Å². The van der Waals surface area contributed by atoms with Gasteiger partial charge in [0.2, 0.25) is 0 Å². The molecule has 11 heteroatoms. The zero-order chi connectivity index (χ0) is 28.5. The molecule has 0 spiro atoms. The van der Waals surface area contributed by atoms with E-state index in [1.807, 2.05) is 62.6 Å². The number of hydrogen-bond acceptors (Lipinski definition) is 8. The number of nitrogens with zero attached hydrogens (tertiary/aromatic N) is 2. The van der Waals surface area contributed by atoms with E-state index >= 15 is 4.39 Å². The van der Waals surface area contributed by atoms with Gasteiger partial charge in [-0.25, -0.2) is 9.37 Å². The fraction of sp³-hybridized carbons (Fsp3) is 0.567. The number of fused-ring (bicyclic) bond motifs is 2. The van der Waals surface area contributed by atoms with Crippen molar-refractivity contribution in [3.8, 4) is 17.1 Å². The molecule has 1 unspecified atom stereocenters. The second kappa shape index (κ2) is 10.0. The van der Waals surface area contributed by atoms with Gasteiger partial charge in [-0.1, -0.05) is 24.3 Å². The maximum absolute atomic E-state index is 15.7. The lowest BCUT2D eigenvalue weighted by molar-refractivity contribution is -0.0392. The zero-order valence-corrected chi connectivity index (χ0v) is 23.8. The van der Waals surface area contributed by atoms with Gasteiger partial charge in [0.1, 0.15) is 30.2 Å². The van der Waals surface area contributed by atoms with E-state index in [-0.39, 0.29) is 24.6 Å². The molecule has 0 saturated carbocycles. The van der Waals surface area contributed by atoms with Crippen molar-refractivity contribution in [1.82, 2.24) is 9.55 Å². The highest BCUT2D eigenvalue weighted by atomic mass is 19.1. The standard InChI is InChI=1S/C30H36BFN2O7/c1-29(2)30(3,4)41-31(40-29)18-10-8-17(9-11-18)26-19(32)13-21-20(33-26)14-25(34(21)24-7-5-6-12-36-24)39-23-16-38-27-22(35)15-37-28(23)27/h8-11,13-14,22-24,27-28,35H,5-7,12,15-16H2,1-4H3/t22-,23-,24?,27-,28-/m1/s1.